The Hall–Kier alpha value is -4.07. The van der Waals surface area contributed by atoms with Gasteiger partial charge in [-0.25, -0.2) is 9.18 Å². The van der Waals surface area contributed by atoms with E-state index in [1.54, 1.807) is 23.1 Å². The summed E-state index contributed by atoms with van der Waals surface area (Å²) in [5, 5.41) is 13.5. The van der Waals surface area contributed by atoms with Crippen LogP contribution in [0.1, 0.15) is 42.3 Å². The monoisotopic (exact) mass is 612 g/mol. The Labute approximate surface area is 254 Å². The molecule has 4 amide bonds. The van der Waals surface area contributed by atoms with Crippen LogP contribution >= 0.6 is 0 Å². The lowest BCUT2D eigenvalue weighted by molar-refractivity contribution is -0.150. The quantitative estimate of drug-likeness (QED) is 0.525. The summed E-state index contributed by atoms with van der Waals surface area (Å²) in [5.41, 5.74) is 1.74. The van der Waals surface area contributed by atoms with E-state index in [0.717, 1.165) is 17.2 Å². The third-order valence-corrected chi connectivity index (χ3v) is 7.61. The summed E-state index contributed by atoms with van der Waals surface area (Å²) in [5.74, 6) is -2.75. The minimum absolute atomic E-state index is 0.0118. The molecule has 0 aromatic heterocycles. The van der Waals surface area contributed by atoms with Gasteiger partial charge in [-0.2, -0.15) is 0 Å². The second-order valence-electron chi connectivity index (χ2n) is 11.9. The number of aliphatic hydroxyl groups excluding tert-OH is 1. The van der Waals surface area contributed by atoms with Crippen LogP contribution < -0.4 is 10.2 Å². The maximum Gasteiger partial charge on any atom is 0.410 e. The smallest absolute Gasteiger partial charge is 0.410 e. The standard InChI is InChI=1S/C31H37FN4O8/c1-31(2,3)44-30(41)35-9-8-19-16-21(5-4-20(19)18-35)33-27(38)25(37)26-29(40)36(12-15-43-26)22-6-7-24(32)23(17-22)28(39)34-10-13-42-14-11-34/h4-7,16-17,25-26,37H,8-15,18H2,1-3H3,(H,33,38)/t25-,26-/m1/s1. The zero-order chi connectivity index (χ0) is 31.6. The number of carbonyl (C=O) groups excluding carboxylic acids is 4. The maximum atomic E-state index is 14.7. The number of morpholine rings is 2. The Kier molecular flexibility index (Phi) is 9.18. The molecule has 2 N–H and O–H groups in total. The van der Waals surface area contributed by atoms with Crippen LogP contribution in [0.25, 0.3) is 0 Å². The van der Waals surface area contributed by atoms with Gasteiger partial charge in [-0.05, 0) is 68.7 Å². The third-order valence-electron chi connectivity index (χ3n) is 7.61. The van der Waals surface area contributed by atoms with E-state index in [2.05, 4.69) is 5.32 Å². The number of carbonyl (C=O) groups is 4. The highest BCUT2D eigenvalue weighted by molar-refractivity contribution is 6.04. The molecule has 0 spiro atoms. The van der Waals surface area contributed by atoms with Crippen molar-refractivity contribution < 1.29 is 42.9 Å². The number of benzene rings is 2. The highest BCUT2D eigenvalue weighted by Gasteiger charge is 2.40. The fourth-order valence-corrected chi connectivity index (χ4v) is 5.34. The summed E-state index contributed by atoms with van der Waals surface area (Å²) in [6, 6.07) is 9.01. The van der Waals surface area contributed by atoms with Crippen LogP contribution in [0.5, 0.6) is 0 Å². The van der Waals surface area contributed by atoms with Gasteiger partial charge in [0.1, 0.15) is 11.4 Å². The number of ether oxygens (including phenoxy) is 3. The number of nitrogens with zero attached hydrogens (tertiary/aromatic N) is 3. The number of anilines is 2. The molecule has 0 radical (unpaired) electrons. The van der Waals surface area contributed by atoms with Gasteiger partial charge in [0.25, 0.3) is 17.7 Å². The molecule has 2 aromatic rings. The van der Waals surface area contributed by atoms with Crippen molar-refractivity contribution in [3.8, 4) is 0 Å². The molecule has 0 unspecified atom stereocenters. The van der Waals surface area contributed by atoms with Gasteiger partial charge in [-0.15, -0.1) is 0 Å². The molecular weight excluding hydrogens is 575 g/mol. The van der Waals surface area contributed by atoms with Crippen molar-refractivity contribution in [1.29, 1.82) is 0 Å². The molecule has 0 aliphatic carbocycles. The van der Waals surface area contributed by atoms with Crippen molar-refractivity contribution in [2.75, 3.05) is 56.2 Å². The number of amides is 4. The van der Waals surface area contributed by atoms with Gasteiger partial charge in [0.15, 0.2) is 12.2 Å². The summed E-state index contributed by atoms with van der Waals surface area (Å²) >= 11 is 0. The molecule has 3 aliphatic heterocycles. The van der Waals surface area contributed by atoms with Gasteiger partial charge in [0.2, 0.25) is 0 Å². The molecule has 13 heteroatoms. The van der Waals surface area contributed by atoms with Crippen LogP contribution in [0.15, 0.2) is 36.4 Å². The van der Waals surface area contributed by atoms with E-state index in [4.69, 9.17) is 14.2 Å². The van der Waals surface area contributed by atoms with Crippen molar-refractivity contribution in [1.82, 2.24) is 9.80 Å². The first-order valence-corrected chi connectivity index (χ1v) is 14.6. The number of halogens is 1. The molecular formula is C31H37FN4O8. The molecule has 0 bridgehead atoms. The van der Waals surface area contributed by atoms with Gasteiger partial charge in [-0.3, -0.25) is 14.4 Å². The largest absolute Gasteiger partial charge is 0.444 e. The van der Waals surface area contributed by atoms with Crippen LogP contribution in [0.3, 0.4) is 0 Å². The molecule has 3 heterocycles. The average Bonchev–Trinajstić information content (AvgIpc) is 3.00. The van der Waals surface area contributed by atoms with Crippen molar-refractivity contribution >= 4 is 35.2 Å². The summed E-state index contributed by atoms with van der Waals surface area (Å²) in [6.45, 7) is 7.72. The Morgan fingerprint density at radius 2 is 1.75 bits per heavy atom. The lowest BCUT2D eigenvalue weighted by atomic mass is 9.99. The molecule has 3 aliphatic rings. The predicted molar refractivity (Wildman–Crippen MR) is 157 cm³/mol. The van der Waals surface area contributed by atoms with Gasteiger partial charge >= 0.3 is 6.09 Å². The second kappa shape index (κ2) is 12.9. The van der Waals surface area contributed by atoms with Gasteiger partial charge in [0, 0.05) is 44.1 Å². The molecule has 5 rings (SSSR count). The summed E-state index contributed by atoms with van der Waals surface area (Å²) in [4.78, 5) is 56.2. The van der Waals surface area contributed by atoms with Crippen LogP contribution in [-0.4, -0.2) is 103 Å². The average molecular weight is 613 g/mol. The normalized spacial score (nSPS) is 19.7. The number of nitrogens with one attached hydrogen (secondary N) is 1. The van der Waals surface area contributed by atoms with E-state index in [9.17, 15) is 28.7 Å². The second-order valence-corrected chi connectivity index (χ2v) is 11.9. The molecule has 44 heavy (non-hydrogen) atoms. The van der Waals surface area contributed by atoms with Gasteiger partial charge in [-0.1, -0.05) is 6.07 Å². The first-order chi connectivity index (χ1) is 20.9. The Balaban J connectivity index is 1.23. The van der Waals surface area contributed by atoms with E-state index in [-0.39, 0.29) is 24.4 Å². The topological polar surface area (TPSA) is 138 Å². The molecule has 2 aromatic carbocycles. The van der Waals surface area contributed by atoms with Gasteiger partial charge in [0.05, 0.1) is 25.4 Å². The van der Waals surface area contributed by atoms with Crippen LogP contribution in [0.2, 0.25) is 0 Å². The molecule has 2 atom stereocenters. The Bertz CT molecular complexity index is 1440. The first kappa shape index (κ1) is 31.4. The highest BCUT2D eigenvalue weighted by Crippen LogP contribution is 2.27. The van der Waals surface area contributed by atoms with E-state index >= 15 is 0 Å². The molecule has 0 saturated carbocycles. The zero-order valence-corrected chi connectivity index (χ0v) is 25.0. The van der Waals surface area contributed by atoms with Crippen molar-refractivity contribution in [3.63, 3.8) is 0 Å². The number of rotatable bonds is 5. The summed E-state index contributed by atoms with van der Waals surface area (Å²) in [6.07, 6.45) is -3.19. The number of hydrogen-bond donors (Lipinski definition) is 2. The number of fused-ring (bicyclic) bond motifs is 1. The molecule has 12 nitrogen and oxygen atoms in total. The third kappa shape index (κ3) is 7.01. The summed E-state index contributed by atoms with van der Waals surface area (Å²) in [7, 11) is 0. The minimum Gasteiger partial charge on any atom is -0.444 e. The summed E-state index contributed by atoms with van der Waals surface area (Å²) < 4.78 is 30.9. The fraction of sp³-hybridized carbons (Fsp3) is 0.484. The zero-order valence-electron chi connectivity index (χ0n) is 25.0. The molecule has 2 fully saturated rings. The maximum absolute atomic E-state index is 14.7. The van der Waals surface area contributed by atoms with E-state index in [1.807, 2.05) is 20.8 Å². The van der Waals surface area contributed by atoms with Crippen LogP contribution in [-0.2, 0) is 36.8 Å². The van der Waals surface area contributed by atoms with Crippen molar-refractivity contribution in [2.45, 2.75) is 51.5 Å². The molecule has 2 saturated heterocycles. The molecule has 236 valence electrons. The van der Waals surface area contributed by atoms with Crippen molar-refractivity contribution in [2.24, 2.45) is 0 Å². The van der Waals surface area contributed by atoms with E-state index < -0.39 is 47.4 Å². The fourth-order valence-electron chi connectivity index (χ4n) is 5.34. The SMILES string of the molecule is CC(C)(C)OC(=O)N1CCc2cc(NC(=O)[C@H](O)[C@H]3OCCN(c4ccc(F)c(C(=O)N5CCOCC5)c4)C3=O)ccc2C1. The van der Waals surface area contributed by atoms with Crippen molar-refractivity contribution in [3.05, 3.63) is 58.9 Å². The Morgan fingerprint density at radius 3 is 2.48 bits per heavy atom. The number of aliphatic hydroxyl groups is 1. The van der Waals surface area contributed by atoms with Crippen LogP contribution in [0, 0.1) is 5.82 Å². The van der Waals surface area contributed by atoms with E-state index in [0.29, 0.717) is 51.5 Å². The Morgan fingerprint density at radius 1 is 1.00 bits per heavy atom. The minimum atomic E-state index is -1.83. The van der Waals surface area contributed by atoms with Crippen LogP contribution in [0.4, 0.5) is 20.6 Å². The lowest BCUT2D eigenvalue weighted by Gasteiger charge is -2.34. The highest BCUT2D eigenvalue weighted by atomic mass is 19.1. The van der Waals surface area contributed by atoms with Gasteiger partial charge < -0.3 is 39.3 Å². The predicted octanol–water partition coefficient (Wildman–Crippen LogP) is 2.32. The van der Waals surface area contributed by atoms with E-state index in [1.165, 1.54) is 21.9 Å². The number of hydrogen-bond acceptors (Lipinski definition) is 8. The lowest BCUT2D eigenvalue weighted by Crippen LogP contribution is -2.55. The first-order valence-electron chi connectivity index (χ1n) is 14.6.